The van der Waals surface area contributed by atoms with Crippen LogP contribution in [0.25, 0.3) is 0 Å². The maximum absolute atomic E-state index is 15.5. The van der Waals surface area contributed by atoms with E-state index in [2.05, 4.69) is 26.1 Å². The molecule has 1 aromatic heterocycles. The lowest BCUT2D eigenvalue weighted by atomic mass is 9.58. The molecule has 8 heteroatoms. The number of nitrogens with one attached hydrogen (secondary N) is 1. The molecule has 0 spiro atoms. The Balaban J connectivity index is 1.34. The zero-order valence-corrected chi connectivity index (χ0v) is 23.4. The van der Waals surface area contributed by atoms with Crippen molar-refractivity contribution in [2.75, 3.05) is 5.32 Å². The Kier molecular flexibility index (Phi) is 7.64. The summed E-state index contributed by atoms with van der Waals surface area (Å²) >= 11 is 7.32. The van der Waals surface area contributed by atoms with E-state index in [-0.39, 0.29) is 46.7 Å². The van der Waals surface area contributed by atoms with Crippen molar-refractivity contribution in [2.24, 2.45) is 29.1 Å². The van der Waals surface area contributed by atoms with E-state index in [1.54, 1.807) is 36.4 Å². The van der Waals surface area contributed by atoms with Crippen LogP contribution >= 0.6 is 22.9 Å². The van der Waals surface area contributed by atoms with Crippen molar-refractivity contribution in [1.82, 2.24) is 4.98 Å². The summed E-state index contributed by atoms with van der Waals surface area (Å²) in [6.07, 6.45) is 5.37. The summed E-state index contributed by atoms with van der Waals surface area (Å²) in [5.74, 6) is 0.0154. The van der Waals surface area contributed by atoms with Crippen LogP contribution in [0.1, 0.15) is 68.4 Å². The second-order valence-electron chi connectivity index (χ2n) is 11.5. The number of benzene rings is 1. The number of amides is 1. The number of carbonyl (C=O) groups excluding carboxylic acids is 2. The van der Waals surface area contributed by atoms with Gasteiger partial charge in [-0.25, -0.2) is 9.37 Å². The van der Waals surface area contributed by atoms with Gasteiger partial charge in [0, 0.05) is 21.9 Å². The molecule has 1 amide bonds. The second kappa shape index (κ2) is 10.7. The molecule has 3 aliphatic carbocycles. The quantitative estimate of drug-likeness (QED) is 0.401. The molecule has 0 radical (unpaired) electrons. The molecule has 1 aromatic carbocycles. The van der Waals surface area contributed by atoms with Gasteiger partial charge in [0.1, 0.15) is 6.17 Å². The van der Waals surface area contributed by atoms with E-state index in [0.29, 0.717) is 35.0 Å². The van der Waals surface area contributed by atoms with E-state index in [4.69, 9.17) is 16.6 Å². The van der Waals surface area contributed by atoms with Gasteiger partial charge in [0.2, 0.25) is 0 Å². The summed E-state index contributed by atoms with van der Waals surface area (Å²) in [6, 6.07) is 6.69. The Bertz CT molecular complexity index is 1270. The number of hydrogen-bond acceptors (Lipinski definition) is 5. The van der Waals surface area contributed by atoms with Crippen molar-refractivity contribution in [3.63, 3.8) is 0 Å². The van der Waals surface area contributed by atoms with E-state index in [1.807, 2.05) is 11.5 Å². The minimum Gasteiger partial charge on any atom is -0.390 e. The molecule has 0 bridgehead atoms. The Labute approximate surface area is 232 Å². The number of carbonyl (C=O) groups is 2. The third-order valence-electron chi connectivity index (χ3n) is 9.09. The molecule has 202 valence electrons. The Morgan fingerprint density at radius 3 is 2.76 bits per heavy atom. The first-order chi connectivity index (χ1) is 18.1. The summed E-state index contributed by atoms with van der Waals surface area (Å²) in [4.78, 5) is 29.4. The number of anilines is 1. The number of halogens is 2. The predicted molar refractivity (Wildman–Crippen MR) is 149 cm³/mol. The van der Waals surface area contributed by atoms with Crippen LogP contribution in [0.3, 0.4) is 0 Å². The Morgan fingerprint density at radius 2 is 2.03 bits per heavy atom. The molecule has 5 rings (SSSR count). The molecule has 8 unspecified atom stereocenters. The number of rotatable bonds is 6. The number of ketones is 1. The van der Waals surface area contributed by atoms with E-state index in [1.165, 1.54) is 11.3 Å². The Hall–Kier alpha value is -2.35. The number of alkyl halides is 1. The number of aliphatic hydroxyl groups is 1. The molecule has 5 nitrogen and oxygen atoms in total. The highest BCUT2D eigenvalue weighted by Crippen LogP contribution is 2.64. The molecule has 0 saturated heterocycles. The number of nitrogens with zero attached hydrogens (tertiary/aromatic N) is 1. The highest BCUT2D eigenvalue weighted by atomic mass is 35.5. The number of allylic oxidation sites excluding steroid dienone is 4. The average Bonchev–Trinajstić information content (AvgIpc) is 3.42. The van der Waals surface area contributed by atoms with Crippen molar-refractivity contribution in [1.29, 1.82) is 0 Å². The molecule has 8 atom stereocenters. The maximum Gasteiger partial charge on any atom is 0.257 e. The van der Waals surface area contributed by atoms with Gasteiger partial charge in [-0.3, -0.25) is 14.9 Å². The zero-order valence-electron chi connectivity index (χ0n) is 21.9. The van der Waals surface area contributed by atoms with Crippen LogP contribution in [0.15, 0.2) is 53.4 Å². The first-order valence-electron chi connectivity index (χ1n) is 13.3. The van der Waals surface area contributed by atoms with Crippen molar-refractivity contribution >= 4 is 39.8 Å². The molecule has 2 N–H and O–H groups in total. The monoisotopic (exact) mass is 556 g/mol. The SMILES string of the molecule is CC1C=CC(=O)C=C1CCC1C(F)C(O)CC2(C)C1CC(C)C2c1csc(NC(=O)c2ccc(Cl)cc2)n1. The lowest BCUT2D eigenvalue weighted by Crippen LogP contribution is -2.49. The Morgan fingerprint density at radius 1 is 1.29 bits per heavy atom. The van der Waals surface area contributed by atoms with Crippen molar-refractivity contribution in [2.45, 2.75) is 64.6 Å². The first kappa shape index (κ1) is 27.2. The van der Waals surface area contributed by atoms with Crippen LogP contribution in [0.2, 0.25) is 5.02 Å². The minimum atomic E-state index is -1.28. The van der Waals surface area contributed by atoms with Crippen molar-refractivity contribution in [3.8, 4) is 0 Å². The van der Waals surface area contributed by atoms with Crippen molar-refractivity contribution in [3.05, 3.63) is 69.7 Å². The largest absolute Gasteiger partial charge is 0.390 e. The molecular weight excluding hydrogens is 523 g/mol. The van der Waals surface area contributed by atoms with Crippen LogP contribution in [-0.2, 0) is 4.79 Å². The van der Waals surface area contributed by atoms with Crippen LogP contribution in [0.4, 0.5) is 9.52 Å². The number of aromatic nitrogens is 1. The van der Waals surface area contributed by atoms with Gasteiger partial charge in [0.25, 0.3) is 5.91 Å². The van der Waals surface area contributed by atoms with Crippen LogP contribution in [-0.4, -0.2) is 34.1 Å². The normalized spacial score (nSPS) is 34.6. The van der Waals surface area contributed by atoms with E-state index >= 15 is 4.39 Å². The molecule has 2 saturated carbocycles. The average molecular weight is 557 g/mol. The summed E-state index contributed by atoms with van der Waals surface area (Å²) in [5.41, 5.74) is 2.11. The molecule has 2 fully saturated rings. The van der Waals surface area contributed by atoms with Gasteiger partial charge in [-0.15, -0.1) is 11.3 Å². The number of thiazole rings is 1. The molecule has 1 heterocycles. The summed E-state index contributed by atoms with van der Waals surface area (Å²) in [5, 5.41) is 16.8. The van der Waals surface area contributed by atoms with Gasteiger partial charge in [0.05, 0.1) is 11.8 Å². The van der Waals surface area contributed by atoms with E-state index < -0.39 is 12.3 Å². The molecule has 2 aromatic rings. The third-order valence-corrected chi connectivity index (χ3v) is 10.1. The minimum absolute atomic E-state index is 0.0135. The molecule has 3 aliphatic rings. The lowest BCUT2D eigenvalue weighted by molar-refractivity contribution is -0.110. The summed E-state index contributed by atoms with van der Waals surface area (Å²) < 4.78 is 15.5. The fraction of sp³-hybridized carbons (Fsp3) is 0.500. The summed E-state index contributed by atoms with van der Waals surface area (Å²) in [6.45, 7) is 6.42. The standard InChI is InChI=1S/C30H34ClFN2O3S/c1-16-4-10-21(35)13-19(16)7-11-22-23-12-17(2)26(30(23,3)14-25(36)27(22)32)24-15-38-29(33-24)34-28(37)18-5-8-20(31)9-6-18/h4-6,8-10,13,15-17,22-23,25-27,36H,7,11-12,14H2,1-3H3,(H,33,34,37). The fourth-order valence-corrected chi connectivity index (χ4v) is 8.17. The van der Waals surface area contributed by atoms with Gasteiger partial charge in [-0.2, -0.15) is 0 Å². The van der Waals surface area contributed by atoms with E-state index in [0.717, 1.165) is 17.7 Å². The highest BCUT2D eigenvalue weighted by molar-refractivity contribution is 7.14. The van der Waals surface area contributed by atoms with Gasteiger partial charge in [0.15, 0.2) is 10.9 Å². The smallest absolute Gasteiger partial charge is 0.257 e. The van der Waals surface area contributed by atoms with Crippen LogP contribution < -0.4 is 5.32 Å². The number of aliphatic hydroxyl groups excluding tert-OH is 1. The summed E-state index contributed by atoms with van der Waals surface area (Å²) in [7, 11) is 0. The molecule has 0 aliphatic heterocycles. The highest BCUT2D eigenvalue weighted by Gasteiger charge is 2.59. The van der Waals surface area contributed by atoms with Crippen LogP contribution in [0.5, 0.6) is 0 Å². The van der Waals surface area contributed by atoms with E-state index in [9.17, 15) is 14.7 Å². The van der Waals surface area contributed by atoms with Gasteiger partial charge in [-0.05, 0) is 91.2 Å². The zero-order chi connectivity index (χ0) is 27.2. The topological polar surface area (TPSA) is 79.3 Å². The van der Waals surface area contributed by atoms with Gasteiger partial charge < -0.3 is 5.11 Å². The van der Waals surface area contributed by atoms with Gasteiger partial charge >= 0.3 is 0 Å². The molecule has 38 heavy (non-hydrogen) atoms. The predicted octanol–water partition coefficient (Wildman–Crippen LogP) is 7.00. The van der Waals surface area contributed by atoms with Gasteiger partial charge in [-0.1, -0.05) is 44.0 Å². The van der Waals surface area contributed by atoms with Crippen LogP contribution in [0, 0.1) is 29.1 Å². The number of hydrogen-bond donors (Lipinski definition) is 2. The third kappa shape index (κ3) is 5.13. The fourth-order valence-electron chi connectivity index (χ4n) is 7.30. The molecular formula is C30H34ClFN2O3S. The lowest BCUT2D eigenvalue weighted by Gasteiger charge is -2.48. The van der Waals surface area contributed by atoms with Crippen molar-refractivity contribution < 1.29 is 19.1 Å². The number of fused-ring (bicyclic) bond motifs is 1. The first-order valence-corrected chi connectivity index (χ1v) is 14.6. The maximum atomic E-state index is 15.5. The second-order valence-corrected chi connectivity index (χ2v) is 12.8.